The number of aliphatic carboxylic acids is 1. The average Bonchev–Trinajstić information content (AvgIpc) is 3.01. The summed E-state index contributed by atoms with van der Waals surface area (Å²) >= 11 is 0.525. The first-order valence-corrected chi connectivity index (χ1v) is 10.5. The van der Waals surface area contributed by atoms with E-state index in [9.17, 15) is 27.6 Å². The van der Waals surface area contributed by atoms with E-state index in [1.807, 2.05) is 0 Å². The minimum Gasteiger partial charge on any atom is -0.490 e. The summed E-state index contributed by atoms with van der Waals surface area (Å²) in [6.07, 6.45) is -3.58. The average molecular weight is 481 g/mol. The van der Waals surface area contributed by atoms with E-state index in [0.717, 1.165) is 12.1 Å². The Balaban J connectivity index is 1.89. The quantitative estimate of drug-likeness (QED) is 0.518. The zero-order valence-electron chi connectivity index (χ0n) is 17.2. The summed E-state index contributed by atoms with van der Waals surface area (Å²) in [5, 5.41) is 7.89. The lowest BCUT2D eigenvalue weighted by Crippen LogP contribution is -2.30. The van der Waals surface area contributed by atoms with E-state index in [0.29, 0.717) is 33.7 Å². The van der Waals surface area contributed by atoms with Crippen molar-refractivity contribution in [1.82, 2.24) is 0 Å². The molecule has 0 saturated carbocycles. The number of thioether (sulfide) groups is 1. The minimum atomic E-state index is -4.74. The van der Waals surface area contributed by atoms with Gasteiger partial charge in [-0.1, -0.05) is 18.2 Å². The van der Waals surface area contributed by atoms with Gasteiger partial charge in [-0.2, -0.15) is 13.2 Å². The molecule has 1 saturated heterocycles. The van der Waals surface area contributed by atoms with Crippen molar-refractivity contribution >= 4 is 40.6 Å². The van der Waals surface area contributed by atoms with E-state index in [4.69, 9.17) is 14.6 Å². The maximum atomic E-state index is 13.4. The van der Waals surface area contributed by atoms with Gasteiger partial charge < -0.3 is 14.6 Å². The highest BCUT2D eigenvalue weighted by Crippen LogP contribution is 2.42. The van der Waals surface area contributed by atoms with Crippen LogP contribution in [0.1, 0.15) is 24.5 Å². The van der Waals surface area contributed by atoms with Gasteiger partial charge in [-0.05, 0) is 54.6 Å². The minimum absolute atomic E-state index is 0.0565. The highest BCUT2D eigenvalue weighted by Gasteiger charge is 2.42. The summed E-state index contributed by atoms with van der Waals surface area (Å²) < 4.78 is 51.0. The molecule has 174 valence electrons. The van der Waals surface area contributed by atoms with E-state index in [1.54, 1.807) is 13.0 Å². The molecule has 2 amide bonds. The first kappa shape index (κ1) is 24.2. The Morgan fingerprint density at radius 2 is 1.85 bits per heavy atom. The molecule has 0 bridgehead atoms. The number of carbonyl (C=O) groups excluding carboxylic acids is 2. The number of halogens is 3. The standard InChI is InChI=1S/C22H18F3NO6S/c1-2-31-17-11-13(7-8-16(17)32-10-9-19(27)28)12-18-20(29)26(21(30)33-18)15-6-4-3-5-14(15)22(23,24)25/h3-8,11-12H,2,9-10H2,1H3,(H,27,28)/b18-12+. The third-order valence-electron chi connectivity index (χ3n) is 4.38. The van der Waals surface area contributed by atoms with Crippen LogP contribution in [-0.4, -0.2) is 35.4 Å². The number of carbonyl (C=O) groups is 3. The van der Waals surface area contributed by atoms with Gasteiger partial charge in [-0.25, -0.2) is 4.90 Å². The smallest absolute Gasteiger partial charge is 0.418 e. The monoisotopic (exact) mass is 481 g/mol. The molecule has 11 heteroatoms. The number of benzene rings is 2. The maximum absolute atomic E-state index is 13.4. The fourth-order valence-electron chi connectivity index (χ4n) is 2.99. The number of alkyl halides is 3. The van der Waals surface area contributed by atoms with E-state index in [-0.39, 0.29) is 24.5 Å². The summed E-state index contributed by atoms with van der Waals surface area (Å²) in [4.78, 5) is 36.4. The van der Waals surface area contributed by atoms with Gasteiger partial charge in [0.1, 0.15) is 0 Å². The van der Waals surface area contributed by atoms with Gasteiger partial charge in [0.2, 0.25) is 0 Å². The SMILES string of the molecule is CCOc1cc(/C=C2/SC(=O)N(c3ccccc3C(F)(F)F)C2=O)ccc1OCCC(=O)O. The Kier molecular flexibility index (Phi) is 7.32. The lowest BCUT2D eigenvalue weighted by molar-refractivity contribution is -0.138. The van der Waals surface area contributed by atoms with Gasteiger partial charge in [0.25, 0.3) is 11.1 Å². The summed E-state index contributed by atoms with van der Waals surface area (Å²) in [5.41, 5.74) is -1.18. The van der Waals surface area contributed by atoms with Crippen molar-refractivity contribution in [2.24, 2.45) is 0 Å². The number of anilines is 1. The topological polar surface area (TPSA) is 93.1 Å². The number of hydrogen-bond acceptors (Lipinski definition) is 6. The third-order valence-corrected chi connectivity index (χ3v) is 5.25. The van der Waals surface area contributed by atoms with Crippen LogP contribution < -0.4 is 14.4 Å². The second-order valence-corrected chi connectivity index (χ2v) is 7.66. The number of para-hydroxylation sites is 1. The number of ether oxygens (including phenoxy) is 2. The van der Waals surface area contributed by atoms with Crippen molar-refractivity contribution in [1.29, 1.82) is 0 Å². The van der Waals surface area contributed by atoms with Crippen LogP contribution in [0.15, 0.2) is 47.4 Å². The molecule has 33 heavy (non-hydrogen) atoms. The van der Waals surface area contributed by atoms with Gasteiger partial charge in [0, 0.05) is 0 Å². The van der Waals surface area contributed by atoms with Gasteiger partial charge in [0.15, 0.2) is 11.5 Å². The third kappa shape index (κ3) is 5.67. The highest BCUT2D eigenvalue weighted by molar-refractivity contribution is 8.19. The van der Waals surface area contributed by atoms with E-state index in [1.165, 1.54) is 30.3 Å². The molecule has 0 spiro atoms. The number of carboxylic acids is 1. The predicted molar refractivity (Wildman–Crippen MR) is 115 cm³/mol. The van der Waals surface area contributed by atoms with E-state index in [2.05, 4.69) is 0 Å². The van der Waals surface area contributed by atoms with Crippen LogP contribution in [0.2, 0.25) is 0 Å². The lowest BCUT2D eigenvalue weighted by atomic mass is 10.1. The molecule has 1 fully saturated rings. The molecule has 1 N–H and O–H groups in total. The second-order valence-electron chi connectivity index (χ2n) is 6.66. The molecule has 1 aliphatic rings. The number of hydrogen-bond donors (Lipinski definition) is 1. The van der Waals surface area contributed by atoms with Crippen LogP contribution in [-0.2, 0) is 15.8 Å². The Morgan fingerprint density at radius 1 is 1.12 bits per heavy atom. The molecule has 2 aromatic rings. The summed E-state index contributed by atoms with van der Waals surface area (Å²) in [7, 11) is 0. The molecule has 0 atom stereocenters. The second kappa shape index (κ2) is 9.99. The van der Waals surface area contributed by atoms with Crippen molar-refractivity contribution in [3.8, 4) is 11.5 Å². The Morgan fingerprint density at radius 3 is 2.52 bits per heavy atom. The van der Waals surface area contributed by atoms with E-state index >= 15 is 0 Å². The normalized spacial score (nSPS) is 15.3. The van der Waals surface area contributed by atoms with Gasteiger partial charge in [0.05, 0.1) is 35.8 Å². The van der Waals surface area contributed by atoms with Gasteiger partial charge in [-0.15, -0.1) is 0 Å². The van der Waals surface area contributed by atoms with Crippen LogP contribution >= 0.6 is 11.8 Å². The summed E-state index contributed by atoms with van der Waals surface area (Å²) in [5.74, 6) is -1.31. The van der Waals surface area contributed by atoms with E-state index < -0.39 is 34.5 Å². The maximum Gasteiger partial charge on any atom is 0.418 e. The zero-order chi connectivity index (χ0) is 24.2. The molecule has 0 radical (unpaired) electrons. The van der Waals surface area contributed by atoms with Crippen molar-refractivity contribution in [3.63, 3.8) is 0 Å². The number of rotatable bonds is 8. The zero-order valence-corrected chi connectivity index (χ0v) is 18.0. The van der Waals surface area contributed by atoms with Crippen LogP contribution in [0.5, 0.6) is 11.5 Å². The lowest BCUT2D eigenvalue weighted by Gasteiger charge is -2.18. The largest absolute Gasteiger partial charge is 0.490 e. The van der Waals surface area contributed by atoms with Crippen LogP contribution in [0, 0.1) is 0 Å². The van der Waals surface area contributed by atoms with Crippen molar-refractivity contribution in [3.05, 3.63) is 58.5 Å². The summed E-state index contributed by atoms with van der Waals surface area (Å²) in [6.45, 7) is 1.94. The van der Waals surface area contributed by atoms with Crippen molar-refractivity contribution < 1.29 is 42.1 Å². The van der Waals surface area contributed by atoms with Crippen LogP contribution in [0.4, 0.5) is 23.7 Å². The van der Waals surface area contributed by atoms with Crippen molar-refractivity contribution in [2.75, 3.05) is 18.1 Å². The van der Waals surface area contributed by atoms with Crippen molar-refractivity contribution in [2.45, 2.75) is 19.5 Å². The molecular formula is C22H18F3NO6S. The first-order valence-electron chi connectivity index (χ1n) is 9.67. The fraction of sp³-hybridized carbons (Fsp3) is 0.227. The molecule has 1 aliphatic heterocycles. The molecule has 7 nitrogen and oxygen atoms in total. The number of amides is 2. The van der Waals surface area contributed by atoms with Gasteiger partial charge in [-0.3, -0.25) is 14.4 Å². The Labute approximate surface area is 190 Å². The molecule has 2 aromatic carbocycles. The Hall–Kier alpha value is -3.47. The van der Waals surface area contributed by atoms with Crippen LogP contribution in [0.3, 0.4) is 0 Å². The molecular weight excluding hydrogens is 463 g/mol. The Bertz CT molecular complexity index is 1120. The number of imide groups is 1. The molecule has 0 unspecified atom stereocenters. The van der Waals surface area contributed by atoms with Crippen LogP contribution in [0.25, 0.3) is 6.08 Å². The molecule has 0 aromatic heterocycles. The summed E-state index contributed by atoms with van der Waals surface area (Å²) in [6, 6.07) is 8.96. The molecule has 0 aliphatic carbocycles. The fourth-order valence-corrected chi connectivity index (χ4v) is 3.82. The molecule has 3 rings (SSSR count). The first-order chi connectivity index (χ1) is 15.6. The number of nitrogens with zero attached hydrogens (tertiary/aromatic N) is 1. The molecule has 1 heterocycles. The number of carboxylic acid groups (broad SMARTS) is 1. The van der Waals surface area contributed by atoms with Gasteiger partial charge >= 0.3 is 12.1 Å². The highest BCUT2D eigenvalue weighted by atomic mass is 32.2. The predicted octanol–water partition coefficient (Wildman–Crippen LogP) is 5.20.